The number of carbonyl (C=O) groups excluding carboxylic acids is 3. The maximum atomic E-state index is 12.5. The van der Waals surface area contributed by atoms with Crippen molar-refractivity contribution in [3.05, 3.63) is 12.2 Å². The number of ether oxygens (including phenoxy) is 2. The molecule has 42 heavy (non-hydrogen) atoms. The number of nitrogens with two attached hydrogens (primary N) is 1. The van der Waals surface area contributed by atoms with Crippen LogP contribution in [0.25, 0.3) is 11.2 Å². The fourth-order valence-corrected chi connectivity index (χ4v) is 4.99. The Labute approximate surface area is 242 Å². The standard InChI is InChI=1S/C25H30N8O7.C2H6/c26-21-17-22(33(11-27-17)24-19(36)18(35)20(40-24)23(37)28-13-4-5-13)30-14(29-21)3-1-2-12-6-8-32(9-7-12)25(38)39-16-10-15(34)31-16;1-2/h11-13,16,18-20,24,35-36H,2,4-10H2,(H,28,37)(H,31,34)(H2,26,29,30);1-2H3/t16?,18?,19-,20-,24+;/m0./s1. The van der Waals surface area contributed by atoms with Gasteiger partial charge in [0.05, 0.1) is 12.7 Å². The summed E-state index contributed by atoms with van der Waals surface area (Å²) in [5, 5.41) is 26.4. The molecular weight excluding hydrogens is 548 g/mol. The molecule has 2 unspecified atom stereocenters. The lowest BCUT2D eigenvalue weighted by Gasteiger charge is -2.33. The number of aromatic nitrogens is 4. The molecule has 5 heterocycles. The Bertz CT molecular complexity index is 1380. The molecule has 3 aliphatic heterocycles. The number of imidazole rings is 1. The number of amides is 3. The first kappa shape index (κ1) is 29.5. The molecular formula is C27H36N8O7. The molecule has 3 saturated heterocycles. The number of anilines is 1. The van der Waals surface area contributed by atoms with E-state index >= 15 is 0 Å². The number of aliphatic hydroxyl groups is 2. The smallest absolute Gasteiger partial charge is 0.411 e. The van der Waals surface area contributed by atoms with Crippen molar-refractivity contribution >= 4 is 34.9 Å². The number of nitrogens with one attached hydrogen (secondary N) is 2. The Balaban J connectivity index is 0.00000173. The molecule has 15 nitrogen and oxygen atoms in total. The van der Waals surface area contributed by atoms with E-state index in [-0.39, 0.29) is 47.1 Å². The van der Waals surface area contributed by atoms with Gasteiger partial charge in [-0.2, -0.15) is 0 Å². The van der Waals surface area contributed by atoms with Gasteiger partial charge < -0.3 is 41.0 Å². The second kappa shape index (κ2) is 12.5. The van der Waals surface area contributed by atoms with Gasteiger partial charge in [0.25, 0.3) is 5.91 Å². The highest BCUT2D eigenvalue weighted by atomic mass is 16.6. The van der Waals surface area contributed by atoms with Crippen LogP contribution in [0.4, 0.5) is 10.6 Å². The van der Waals surface area contributed by atoms with E-state index in [0.29, 0.717) is 19.5 Å². The van der Waals surface area contributed by atoms with Gasteiger partial charge in [0.2, 0.25) is 11.7 Å². The number of hydrogen-bond donors (Lipinski definition) is 5. The summed E-state index contributed by atoms with van der Waals surface area (Å²) in [5.41, 5.74) is 6.63. The number of aliphatic hydroxyl groups excluding tert-OH is 2. The van der Waals surface area contributed by atoms with Crippen LogP contribution in [0.5, 0.6) is 0 Å². The molecule has 15 heteroatoms. The van der Waals surface area contributed by atoms with Gasteiger partial charge in [-0.15, -0.1) is 0 Å². The molecule has 2 aromatic rings. The van der Waals surface area contributed by atoms with Crippen molar-refractivity contribution in [3.8, 4) is 11.8 Å². The molecule has 0 spiro atoms. The summed E-state index contributed by atoms with van der Waals surface area (Å²) < 4.78 is 12.4. The van der Waals surface area contributed by atoms with Gasteiger partial charge in [-0.1, -0.05) is 19.8 Å². The molecule has 226 valence electrons. The first-order chi connectivity index (χ1) is 20.3. The number of likely N-dealkylation sites (tertiary alicyclic amines) is 1. The van der Waals surface area contributed by atoms with Crippen molar-refractivity contribution < 1.29 is 34.1 Å². The monoisotopic (exact) mass is 584 g/mol. The number of piperidine rings is 1. The zero-order valence-electron chi connectivity index (χ0n) is 23.5. The molecule has 0 bridgehead atoms. The number of β-lactam (4-membered cyclic amide) rings is 1. The minimum atomic E-state index is -1.42. The summed E-state index contributed by atoms with van der Waals surface area (Å²) in [4.78, 5) is 50.2. The SMILES string of the molecule is CC.Nc1nc(C#CCC2CCN(C(=O)OC3CC(=O)N3)CC2)nc2c1ncn2[C@@H]1O[C@H](C(=O)NC2CC2)C(O)[C@@H]1O. The van der Waals surface area contributed by atoms with Gasteiger partial charge in [0, 0.05) is 25.6 Å². The number of nitrogen functional groups attached to an aromatic ring is 1. The van der Waals surface area contributed by atoms with Crippen LogP contribution in [0.15, 0.2) is 6.33 Å². The van der Waals surface area contributed by atoms with Crippen molar-refractivity contribution in [1.29, 1.82) is 0 Å². The number of nitrogens with zero attached hydrogens (tertiary/aromatic N) is 5. The van der Waals surface area contributed by atoms with Crippen LogP contribution in [-0.4, -0.2) is 96.2 Å². The van der Waals surface area contributed by atoms with E-state index in [9.17, 15) is 24.6 Å². The van der Waals surface area contributed by atoms with Crippen molar-refractivity contribution in [2.45, 2.75) is 89.2 Å². The van der Waals surface area contributed by atoms with E-state index < -0.39 is 42.8 Å². The van der Waals surface area contributed by atoms with E-state index in [2.05, 4.69) is 37.4 Å². The largest absolute Gasteiger partial charge is 0.425 e. The van der Waals surface area contributed by atoms with Crippen molar-refractivity contribution in [3.63, 3.8) is 0 Å². The fraction of sp³-hybridized carbons (Fsp3) is 0.630. The maximum absolute atomic E-state index is 12.5. The first-order valence-corrected chi connectivity index (χ1v) is 14.3. The minimum absolute atomic E-state index is 0.0776. The van der Waals surface area contributed by atoms with Gasteiger partial charge in [-0.25, -0.2) is 19.7 Å². The molecule has 5 atom stereocenters. The van der Waals surface area contributed by atoms with Gasteiger partial charge >= 0.3 is 6.09 Å². The number of rotatable bonds is 5. The van der Waals surface area contributed by atoms with Crippen molar-refractivity contribution in [2.75, 3.05) is 18.8 Å². The van der Waals surface area contributed by atoms with E-state index in [1.807, 2.05) is 13.8 Å². The Morgan fingerprint density at radius 2 is 1.90 bits per heavy atom. The number of hydrogen-bond acceptors (Lipinski definition) is 11. The lowest BCUT2D eigenvalue weighted by Crippen LogP contribution is -2.53. The predicted molar refractivity (Wildman–Crippen MR) is 147 cm³/mol. The zero-order valence-corrected chi connectivity index (χ0v) is 23.5. The van der Waals surface area contributed by atoms with Gasteiger partial charge in [-0.05, 0) is 37.5 Å². The summed E-state index contributed by atoms with van der Waals surface area (Å²) in [6.45, 7) is 5.07. The quantitative estimate of drug-likeness (QED) is 0.229. The van der Waals surface area contributed by atoms with E-state index in [1.54, 1.807) is 4.90 Å². The third-order valence-electron chi connectivity index (χ3n) is 7.54. The number of carbonyl (C=O) groups is 3. The summed E-state index contributed by atoms with van der Waals surface area (Å²) in [5.74, 6) is 5.94. The first-order valence-electron chi connectivity index (χ1n) is 14.3. The lowest BCUT2D eigenvalue weighted by molar-refractivity contribution is -0.138. The van der Waals surface area contributed by atoms with E-state index in [1.165, 1.54) is 10.9 Å². The maximum Gasteiger partial charge on any atom is 0.411 e. The third-order valence-corrected chi connectivity index (χ3v) is 7.54. The van der Waals surface area contributed by atoms with Crippen LogP contribution in [0.2, 0.25) is 0 Å². The normalized spacial score (nSPS) is 27.2. The molecule has 2 aromatic heterocycles. The highest BCUT2D eigenvalue weighted by Crippen LogP contribution is 2.33. The summed E-state index contributed by atoms with van der Waals surface area (Å²) in [7, 11) is 0. The fourth-order valence-electron chi connectivity index (χ4n) is 4.99. The average Bonchev–Trinajstić information content (AvgIpc) is 3.60. The van der Waals surface area contributed by atoms with Crippen LogP contribution in [0, 0.1) is 17.8 Å². The zero-order chi connectivity index (χ0) is 30.0. The Morgan fingerprint density at radius 1 is 1.19 bits per heavy atom. The molecule has 0 radical (unpaired) electrons. The predicted octanol–water partition coefficient (Wildman–Crippen LogP) is -0.231. The van der Waals surface area contributed by atoms with Gasteiger partial charge in [0.1, 0.15) is 17.7 Å². The van der Waals surface area contributed by atoms with Crippen LogP contribution >= 0.6 is 0 Å². The van der Waals surface area contributed by atoms with Crippen LogP contribution in [-0.2, 0) is 19.1 Å². The molecule has 1 aliphatic carbocycles. The minimum Gasteiger partial charge on any atom is -0.425 e. The second-order valence-corrected chi connectivity index (χ2v) is 10.5. The summed E-state index contributed by atoms with van der Waals surface area (Å²) in [6, 6.07) is 0.0776. The van der Waals surface area contributed by atoms with Crippen molar-refractivity contribution in [2.24, 2.45) is 5.92 Å². The Morgan fingerprint density at radius 3 is 2.57 bits per heavy atom. The third kappa shape index (κ3) is 6.25. The van der Waals surface area contributed by atoms with Crippen LogP contribution < -0.4 is 16.4 Å². The van der Waals surface area contributed by atoms with Gasteiger partial charge in [-0.3, -0.25) is 14.2 Å². The summed E-state index contributed by atoms with van der Waals surface area (Å²) in [6.07, 6.45) is -0.727. The summed E-state index contributed by atoms with van der Waals surface area (Å²) >= 11 is 0. The molecule has 6 N–H and O–H groups in total. The average molecular weight is 585 g/mol. The molecule has 0 aromatic carbocycles. The van der Waals surface area contributed by atoms with Crippen LogP contribution in [0.1, 0.15) is 64.4 Å². The highest BCUT2D eigenvalue weighted by Gasteiger charge is 2.48. The van der Waals surface area contributed by atoms with E-state index in [4.69, 9.17) is 15.2 Å². The molecule has 1 saturated carbocycles. The Kier molecular flexibility index (Phi) is 8.76. The van der Waals surface area contributed by atoms with Gasteiger partial charge in [0.15, 0.2) is 30.0 Å². The molecule has 4 aliphatic rings. The second-order valence-electron chi connectivity index (χ2n) is 10.5. The molecule has 3 amide bonds. The molecule has 6 rings (SSSR count). The van der Waals surface area contributed by atoms with Crippen molar-refractivity contribution in [1.82, 2.24) is 35.1 Å². The highest BCUT2D eigenvalue weighted by molar-refractivity contribution is 5.84. The number of fused-ring (bicyclic) bond motifs is 1. The Hall–Kier alpha value is -4.00. The lowest BCUT2D eigenvalue weighted by atomic mass is 9.94. The molecule has 4 fully saturated rings. The van der Waals surface area contributed by atoms with Crippen LogP contribution in [0.3, 0.4) is 0 Å². The topological polar surface area (TPSA) is 207 Å². The van der Waals surface area contributed by atoms with E-state index in [0.717, 1.165) is 25.7 Å².